The maximum Gasteiger partial charge on any atom is 0.251 e. The number of fused-ring (bicyclic) bond motifs is 2. The lowest BCUT2D eigenvalue weighted by Crippen LogP contribution is -2.38. The highest BCUT2D eigenvalue weighted by molar-refractivity contribution is 5.97. The number of carbonyl (C=O) groups excluding carboxylic acids is 1. The van der Waals surface area contributed by atoms with Gasteiger partial charge in [0, 0.05) is 18.7 Å². The lowest BCUT2D eigenvalue weighted by Gasteiger charge is -2.25. The molecule has 0 radical (unpaired) electrons. The van der Waals surface area contributed by atoms with Gasteiger partial charge in [0.15, 0.2) is 0 Å². The molecule has 1 aliphatic rings. The zero-order valence-corrected chi connectivity index (χ0v) is 13.1. The highest BCUT2D eigenvalue weighted by atomic mass is 16.1. The van der Waals surface area contributed by atoms with Crippen LogP contribution in [0.3, 0.4) is 0 Å². The summed E-state index contributed by atoms with van der Waals surface area (Å²) in [7, 11) is 1.95. The molecule has 0 spiro atoms. The van der Waals surface area contributed by atoms with E-state index < -0.39 is 0 Å². The lowest BCUT2D eigenvalue weighted by molar-refractivity contribution is 0.0934. The molecule has 0 bridgehead atoms. The Balaban J connectivity index is 1.51. The van der Waals surface area contributed by atoms with Crippen molar-refractivity contribution < 1.29 is 4.79 Å². The van der Waals surface area contributed by atoms with E-state index in [2.05, 4.69) is 34.6 Å². The fraction of sp³-hybridized carbons (Fsp3) is 0.263. The Bertz CT molecular complexity index is 881. The zero-order valence-electron chi connectivity index (χ0n) is 13.1. The van der Waals surface area contributed by atoms with Gasteiger partial charge in [0.2, 0.25) is 0 Å². The zero-order chi connectivity index (χ0) is 15.8. The van der Waals surface area contributed by atoms with Gasteiger partial charge in [0.05, 0.1) is 17.4 Å². The highest BCUT2D eigenvalue weighted by Crippen LogP contribution is 2.21. The third kappa shape index (κ3) is 2.61. The van der Waals surface area contributed by atoms with Gasteiger partial charge in [-0.2, -0.15) is 0 Å². The molecule has 0 saturated heterocycles. The first kappa shape index (κ1) is 14.0. The topological polar surface area (TPSA) is 46.9 Å². The molecule has 4 heteroatoms. The van der Waals surface area contributed by atoms with Crippen LogP contribution < -0.4 is 5.32 Å². The number of hydrogen-bond acceptors (Lipinski definition) is 2. The first-order chi connectivity index (χ1) is 11.2. The number of imidazole rings is 1. The Morgan fingerprint density at radius 2 is 2.04 bits per heavy atom. The van der Waals surface area contributed by atoms with Gasteiger partial charge in [-0.15, -0.1) is 0 Å². The number of amides is 1. The molecule has 1 N–H and O–H groups in total. The molecule has 23 heavy (non-hydrogen) atoms. The fourth-order valence-corrected chi connectivity index (χ4v) is 3.37. The van der Waals surface area contributed by atoms with Crippen LogP contribution in [-0.4, -0.2) is 21.5 Å². The molecule has 4 rings (SSSR count). The number of aryl methyl sites for hydroxylation is 2. The molecule has 1 atom stereocenters. The molecule has 1 unspecified atom stereocenters. The average Bonchev–Trinajstić information content (AvgIpc) is 2.95. The van der Waals surface area contributed by atoms with E-state index in [1.807, 2.05) is 29.8 Å². The summed E-state index contributed by atoms with van der Waals surface area (Å²) in [5.74, 6) is -0.0121. The van der Waals surface area contributed by atoms with Gasteiger partial charge in [-0.05, 0) is 48.6 Å². The van der Waals surface area contributed by atoms with Crippen LogP contribution in [0.4, 0.5) is 0 Å². The van der Waals surface area contributed by atoms with Gasteiger partial charge in [0.1, 0.15) is 0 Å². The Labute approximate surface area is 135 Å². The number of nitrogens with zero attached hydrogens (tertiary/aromatic N) is 2. The van der Waals surface area contributed by atoms with E-state index in [1.165, 1.54) is 11.1 Å². The summed E-state index contributed by atoms with van der Waals surface area (Å²) < 4.78 is 1.95. The number of benzene rings is 2. The maximum absolute atomic E-state index is 12.5. The van der Waals surface area contributed by atoms with E-state index in [-0.39, 0.29) is 11.9 Å². The summed E-state index contributed by atoms with van der Waals surface area (Å²) in [6, 6.07) is 14.4. The SMILES string of the molecule is Cn1cnc2cc(C(=O)NC3CCc4ccccc4C3)ccc21. The van der Waals surface area contributed by atoms with E-state index in [9.17, 15) is 4.79 Å². The van der Waals surface area contributed by atoms with E-state index in [1.54, 1.807) is 6.33 Å². The molecule has 0 saturated carbocycles. The van der Waals surface area contributed by atoms with Crippen LogP contribution in [0, 0.1) is 0 Å². The molecule has 0 aliphatic heterocycles. The first-order valence-electron chi connectivity index (χ1n) is 7.99. The van der Waals surface area contributed by atoms with Crippen LogP contribution in [0.2, 0.25) is 0 Å². The van der Waals surface area contributed by atoms with Crippen molar-refractivity contribution in [3.63, 3.8) is 0 Å². The molecule has 1 aromatic heterocycles. The molecule has 0 fully saturated rings. The Morgan fingerprint density at radius 3 is 2.91 bits per heavy atom. The standard InChI is InChI=1S/C19H19N3O/c1-22-12-20-17-11-15(7-9-18(17)22)19(23)21-16-8-6-13-4-2-3-5-14(13)10-16/h2-5,7,9,11-12,16H,6,8,10H2,1H3,(H,21,23). The van der Waals surface area contributed by atoms with Gasteiger partial charge in [-0.1, -0.05) is 24.3 Å². The van der Waals surface area contributed by atoms with E-state index >= 15 is 0 Å². The summed E-state index contributed by atoms with van der Waals surface area (Å²) in [6.07, 6.45) is 4.70. The number of nitrogens with one attached hydrogen (secondary N) is 1. The lowest BCUT2D eigenvalue weighted by atomic mass is 9.88. The van der Waals surface area contributed by atoms with Gasteiger partial charge < -0.3 is 9.88 Å². The second-order valence-corrected chi connectivity index (χ2v) is 6.24. The summed E-state index contributed by atoms with van der Waals surface area (Å²) >= 11 is 0. The predicted octanol–water partition coefficient (Wildman–Crippen LogP) is 2.86. The predicted molar refractivity (Wildman–Crippen MR) is 90.4 cm³/mol. The highest BCUT2D eigenvalue weighted by Gasteiger charge is 2.20. The van der Waals surface area contributed by atoms with Crippen molar-refractivity contribution in [2.45, 2.75) is 25.3 Å². The van der Waals surface area contributed by atoms with Gasteiger partial charge in [0.25, 0.3) is 5.91 Å². The molecule has 1 aliphatic carbocycles. The van der Waals surface area contributed by atoms with Crippen molar-refractivity contribution in [1.29, 1.82) is 0 Å². The first-order valence-corrected chi connectivity index (χ1v) is 7.99. The quantitative estimate of drug-likeness (QED) is 0.791. The van der Waals surface area contributed by atoms with E-state index in [4.69, 9.17) is 0 Å². The molecule has 3 aromatic rings. The Morgan fingerprint density at radius 1 is 1.22 bits per heavy atom. The fourth-order valence-electron chi connectivity index (χ4n) is 3.37. The van der Waals surface area contributed by atoms with Crippen LogP contribution in [0.5, 0.6) is 0 Å². The van der Waals surface area contributed by atoms with Crippen molar-refractivity contribution in [3.8, 4) is 0 Å². The van der Waals surface area contributed by atoms with E-state index in [0.29, 0.717) is 5.56 Å². The largest absolute Gasteiger partial charge is 0.349 e. The minimum Gasteiger partial charge on any atom is -0.349 e. The Hall–Kier alpha value is -2.62. The molecule has 1 heterocycles. The molecule has 2 aromatic carbocycles. The van der Waals surface area contributed by atoms with Crippen molar-refractivity contribution >= 4 is 16.9 Å². The van der Waals surface area contributed by atoms with Crippen molar-refractivity contribution in [1.82, 2.24) is 14.9 Å². The average molecular weight is 305 g/mol. The van der Waals surface area contributed by atoms with Crippen molar-refractivity contribution in [2.24, 2.45) is 7.05 Å². The smallest absolute Gasteiger partial charge is 0.251 e. The van der Waals surface area contributed by atoms with Crippen LogP contribution in [-0.2, 0) is 19.9 Å². The number of rotatable bonds is 2. The summed E-state index contributed by atoms with van der Waals surface area (Å²) in [4.78, 5) is 16.9. The molecular weight excluding hydrogens is 286 g/mol. The summed E-state index contributed by atoms with van der Waals surface area (Å²) in [5, 5.41) is 3.17. The maximum atomic E-state index is 12.5. The van der Waals surface area contributed by atoms with Gasteiger partial charge >= 0.3 is 0 Å². The second-order valence-electron chi connectivity index (χ2n) is 6.24. The third-order valence-electron chi connectivity index (χ3n) is 4.67. The van der Waals surface area contributed by atoms with Gasteiger partial charge in [-0.3, -0.25) is 4.79 Å². The minimum absolute atomic E-state index is 0.0121. The molecule has 116 valence electrons. The van der Waals surface area contributed by atoms with Crippen LogP contribution in [0.25, 0.3) is 11.0 Å². The Kier molecular flexibility index (Phi) is 3.37. The van der Waals surface area contributed by atoms with Gasteiger partial charge in [-0.25, -0.2) is 4.98 Å². The molecule has 1 amide bonds. The van der Waals surface area contributed by atoms with Crippen LogP contribution in [0.15, 0.2) is 48.8 Å². The number of aromatic nitrogens is 2. The number of hydrogen-bond donors (Lipinski definition) is 1. The normalized spacial score (nSPS) is 17.0. The second kappa shape index (κ2) is 5.54. The minimum atomic E-state index is -0.0121. The number of carbonyl (C=O) groups is 1. The molecule has 4 nitrogen and oxygen atoms in total. The van der Waals surface area contributed by atoms with Crippen molar-refractivity contribution in [2.75, 3.05) is 0 Å². The summed E-state index contributed by atoms with van der Waals surface area (Å²) in [5.41, 5.74) is 5.33. The van der Waals surface area contributed by atoms with Crippen LogP contribution >= 0.6 is 0 Å². The molecular formula is C19H19N3O. The van der Waals surface area contributed by atoms with Crippen molar-refractivity contribution in [3.05, 3.63) is 65.5 Å². The third-order valence-corrected chi connectivity index (χ3v) is 4.67. The van der Waals surface area contributed by atoms with Crippen LogP contribution in [0.1, 0.15) is 27.9 Å². The van der Waals surface area contributed by atoms with E-state index in [0.717, 1.165) is 30.3 Å². The summed E-state index contributed by atoms with van der Waals surface area (Å²) in [6.45, 7) is 0. The monoisotopic (exact) mass is 305 g/mol.